The number of para-hydroxylation sites is 1. The Morgan fingerprint density at radius 3 is 2.24 bits per heavy atom. The molecule has 3 aromatic carbocycles. The van der Waals surface area contributed by atoms with E-state index in [9.17, 15) is 19.5 Å². The Hall–Kier alpha value is -3.88. The van der Waals surface area contributed by atoms with Gasteiger partial charge in [0.2, 0.25) is 11.8 Å². The molecule has 4 heterocycles. The summed E-state index contributed by atoms with van der Waals surface area (Å²) < 4.78 is -1.60. The summed E-state index contributed by atoms with van der Waals surface area (Å²) in [6.07, 6.45) is 8.48. The highest BCUT2D eigenvalue weighted by Crippen LogP contribution is 2.65. The smallest absolute Gasteiger partial charge is 0.251 e. The first kappa shape index (κ1) is 27.0. The van der Waals surface area contributed by atoms with Crippen LogP contribution in [0.3, 0.4) is 0 Å². The van der Waals surface area contributed by atoms with Gasteiger partial charge in [-0.2, -0.15) is 0 Å². The Labute approximate surface area is 249 Å². The van der Waals surface area contributed by atoms with Crippen LogP contribution in [0.25, 0.3) is 10.8 Å². The Morgan fingerprint density at radius 1 is 0.786 bits per heavy atom. The second kappa shape index (κ2) is 10.1. The number of anilines is 2. The average Bonchev–Trinajstić information content (AvgIpc) is 3.26. The van der Waals surface area contributed by atoms with Crippen LogP contribution in [0, 0.1) is 11.8 Å². The SMILES string of the molecule is C[C@]12C=CCN(c3ccccc3)C(=O)[C@H]1[C@H]1C(=O)N(CCCO)C3C(=O)N(c4ccc5ccccc5c4)CC=C[C@@]31S2. The molecule has 1 unspecified atom stereocenters. The van der Waals surface area contributed by atoms with Crippen molar-refractivity contribution in [2.24, 2.45) is 11.8 Å². The molecule has 7 rings (SSSR count). The number of hydrogen-bond donors (Lipinski definition) is 1. The normalized spacial score (nSPS) is 30.4. The van der Waals surface area contributed by atoms with Crippen LogP contribution in [0.2, 0.25) is 0 Å². The first-order valence-corrected chi connectivity index (χ1v) is 15.3. The number of rotatable bonds is 5. The molecule has 0 saturated carbocycles. The van der Waals surface area contributed by atoms with Crippen molar-refractivity contribution in [3.8, 4) is 0 Å². The summed E-state index contributed by atoms with van der Waals surface area (Å²) in [5.74, 6) is -1.82. The first-order chi connectivity index (χ1) is 20.4. The fraction of sp³-hybridized carbons (Fsp3) is 0.324. The number of likely N-dealkylation sites (tertiary alicyclic amines) is 1. The van der Waals surface area contributed by atoms with E-state index in [1.165, 1.54) is 0 Å². The summed E-state index contributed by atoms with van der Waals surface area (Å²) in [6.45, 7) is 2.98. The van der Waals surface area contributed by atoms with Crippen LogP contribution in [0.4, 0.5) is 11.4 Å². The predicted octanol–water partition coefficient (Wildman–Crippen LogP) is 4.42. The number of amides is 3. The number of fused-ring (bicyclic) bond motifs is 3. The van der Waals surface area contributed by atoms with Crippen molar-refractivity contribution < 1.29 is 19.5 Å². The maximum atomic E-state index is 14.7. The zero-order chi connectivity index (χ0) is 29.1. The summed E-state index contributed by atoms with van der Waals surface area (Å²) in [5, 5.41) is 11.8. The minimum Gasteiger partial charge on any atom is -0.396 e. The highest BCUT2D eigenvalue weighted by molar-refractivity contribution is 8.02. The van der Waals surface area contributed by atoms with Gasteiger partial charge in [0, 0.05) is 42.4 Å². The van der Waals surface area contributed by atoms with Crippen molar-refractivity contribution in [2.45, 2.75) is 28.9 Å². The van der Waals surface area contributed by atoms with Gasteiger partial charge in [0.1, 0.15) is 6.04 Å². The van der Waals surface area contributed by atoms with Crippen LogP contribution >= 0.6 is 11.8 Å². The second-order valence-electron chi connectivity index (χ2n) is 11.7. The van der Waals surface area contributed by atoms with Crippen molar-refractivity contribution in [3.63, 3.8) is 0 Å². The third-order valence-electron chi connectivity index (χ3n) is 9.23. The zero-order valence-electron chi connectivity index (χ0n) is 23.4. The van der Waals surface area contributed by atoms with Crippen LogP contribution in [0.5, 0.6) is 0 Å². The fourth-order valence-electron chi connectivity index (χ4n) is 7.42. The number of carbonyl (C=O) groups is 3. The van der Waals surface area contributed by atoms with Gasteiger partial charge < -0.3 is 19.8 Å². The molecule has 0 aromatic heterocycles. The van der Waals surface area contributed by atoms with E-state index in [1.807, 2.05) is 97.9 Å². The van der Waals surface area contributed by atoms with Crippen LogP contribution < -0.4 is 9.80 Å². The molecule has 2 saturated heterocycles. The molecule has 8 heteroatoms. The first-order valence-electron chi connectivity index (χ1n) is 14.5. The predicted molar refractivity (Wildman–Crippen MR) is 166 cm³/mol. The molecular weight excluding hydrogens is 546 g/mol. The number of aliphatic hydroxyl groups excluding tert-OH is 1. The van der Waals surface area contributed by atoms with Crippen LogP contribution in [0.1, 0.15) is 13.3 Å². The Bertz CT molecular complexity index is 1640. The lowest BCUT2D eigenvalue weighted by atomic mass is 9.74. The summed E-state index contributed by atoms with van der Waals surface area (Å²) in [4.78, 5) is 48.7. The number of nitrogens with zero attached hydrogens (tertiary/aromatic N) is 3. The topological polar surface area (TPSA) is 81.2 Å². The van der Waals surface area contributed by atoms with E-state index in [0.29, 0.717) is 19.5 Å². The van der Waals surface area contributed by atoms with Gasteiger partial charge in [-0.15, -0.1) is 11.8 Å². The van der Waals surface area contributed by atoms with Gasteiger partial charge in [-0.25, -0.2) is 0 Å². The monoisotopic (exact) mass is 579 g/mol. The van der Waals surface area contributed by atoms with Gasteiger partial charge in [0.05, 0.1) is 16.6 Å². The number of benzene rings is 3. The van der Waals surface area contributed by atoms with E-state index in [4.69, 9.17) is 0 Å². The molecule has 42 heavy (non-hydrogen) atoms. The molecule has 7 nitrogen and oxygen atoms in total. The Morgan fingerprint density at radius 2 is 1.48 bits per heavy atom. The average molecular weight is 580 g/mol. The van der Waals surface area contributed by atoms with Crippen molar-refractivity contribution in [2.75, 3.05) is 36.0 Å². The molecule has 214 valence electrons. The summed E-state index contributed by atoms with van der Waals surface area (Å²) >= 11 is 1.58. The zero-order valence-corrected chi connectivity index (χ0v) is 24.2. The van der Waals surface area contributed by atoms with Crippen molar-refractivity contribution in [3.05, 3.63) is 97.1 Å². The molecule has 4 aliphatic rings. The molecule has 2 fully saturated rings. The molecule has 0 aliphatic carbocycles. The second-order valence-corrected chi connectivity index (χ2v) is 13.5. The number of carbonyl (C=O) groups excluding carboxylic acids is 3. The largest absolute Gasteiger partial charge is 0.396 e. The van der Waals surface area contributed by atoms with Gasteiger partial charge in [-0.1, -0.05) is 72.8 Å². The number of hydrogen-bond acceptors (Lipinski definition) is 5. The van der Waals surface area contributed by atoms with Gasteiger partial charge in [-0.05, 0) is 48.4 Å². The Balaban J connectivity index is 1.33. The van der Waals surface area contributed by atoms with E-state index in [-0.39, 0.29) is 30.9 Å². The molecule has 0 radical (unpaired) electrons. The molecule has 5 atom stereocenters. The molecule has 4 aliphatic heterocycles. The number of thioether (sulfide) groups is 1. The number of aliphatic hydroxyl groups is 1. The minimum absolute atomic E-state index is 0.0929. The van der Waals surface area contributed by atoms with E-state index in [2.05, 4.69) is 6.08 Å². The van der Waals surface area contributed by atoms with Crippen LogP contribution in [-0.2, 0) is 14.4 Å². The van der Waals surface area contributed by atoms with Gasteiger partial charge in [0.15, 0.2) is 0 Å². The van der Waals surface area contributed by atoms with Crippen molar-refractivity contribution >= 4 is 51.6 Å². The van der Waals surface area contributed by atoms with Crippen molar-refractivity contribution in [1.29, 1.82) is 0 Å². The lowest BCUT2D eigenvalue weighted by Gasteiger charge is -2.36. The van der Waals surface area contributed by atoms with E-state index in [0.717, 1.165) is 22.1 Å². The molecular formula is C34H33N3O4S. The van der Waals surface area contributed by atoms with E-state index < -0.39 is 27.4 Å². The summed E-state index contributed by atoms with van der Waals surface area (Å²) in [7, 11) is 0. The third kappa shape index (κ3) is 3.96. The highest BCUT2D eigenvalue weighted by Gasteiger charge is 2.73. The standard InChI is InChI=1S/C34H33N3O4S/c1-33-16-7-18-35(25-12-3-2-4-13-25)30(39)27(33)28-31(40)37(20-9-21-38)29-32(41)36(19-8-17-34(28,29)42-33)26-15-14-23-10-5-6-11-24(23)22-26/h2-8,10-17,22,27-29,38H,9,18-21H2,1H3/t27-,28+,29?,33+,34+/m1/s1. The Kier molecular flexibility index (Phi) is 6.51. The molecule has 0 bridgehead atoms. The summed E-state index contributed by atoms with van der Waals surface area (Å²) in [6, 6.07) is 22.8. The maximum Gasteiger partial charge on any atom is 0.251 e. The molecule has 3 aromatic rings. The van der Waals surface area contributed by atoms with Gasteiger partial charge >= 0.3 is 0 Å². The third-order valence-corrected chi connectivity index (χ3v) is 11.0. The van der Waals surface area contributed by atoms with Gasteiger partial charge in [-0.3, -0.25) is 14.4 Å². The highest BCUT2D eigenvalue weighted by atomic mass is 32.2. The summed E-state index contributed by atoms with van der Waals surface area (Å²) in [5.41, 5.74) is 1.56. The van der Waals surface area contributed by atoms with Gasteiger partial charge in [0.25, 0.3) is 5.91 Å². The fourth-order valence-corrected chi connectivity index (χ4v) is 9.58. The molecule has 1 spiro atoms. The molecule has 3 amide bonds. The minimum atomic E-state index is -0.922. The lowest BCUT2D eigenvalue weighted by Crippen LogP contribution is -2.53. The molecule has 1 N–H and O–H groups in total. The van der Waals surface area contributed by atoms with Crippen LogP contribution in [-0.4, -0.2) is 69.5 Å². The lowest BCUT2D eigenvalue weighted by molar-refractivity contribution is -0.139. The van der Waals surface area contributed by atoms with Crippen molar-refractivity contribution in [1.82, 2.24) is 4.90 Å². The van der Waals surface area contributed by atoms with Crippen LogP contribution in [0.15, 0.2) is 97.1 Å². The quantitative estimate of drug-likeness (QED) is 0.453. The van der Waals surface area contributed by atoms with E-state index in [1.54, 1.807) is 26.5 Å². The maximum absolute atomic E-state index is 14.7. The van der Waals surface area contributed by atoms with E-state index >= 15 is 0 Å².